The zero-order chi connectivity index (χ0) is 14.3. The molecule has 0 saturated heterocycles. The number of carbonyl (C=O) groups is 1. The Balaban J connectivity index is 1.55. The number of carbonyl (C=O) groups excluding carboxylic acids is 1. The molecule has 2 saturated carbocycles. The van der Waals surface area contributed by atoms with E-state index >= 15 is 0 Å². The molecule has 4 nitrogen and oxygen atoms in total. The smallest absolute Gasteiger partial charge is 0.241 e. The fraction of sp³-hybridized carbons (Fsp3) is 0.733. The molecule has 5 heteroatoms. The van der Waals surface area contributed by atoms with Crippen LogP contribution in [-0.2, 0) is 11.3 Å². The molecule has 0 aliphatic heterocycles. The van der Waals surface area contributed by atoms with E-state index in [1.54, 1.807) is 10.9 Å². The summed E-state index contributed by atoms with van der Waals surface area (Å²) in [6.07, 6.45) is 7.19. The Labute approximate surface area is 128 Å². The van der Waals surface area contributed by atoms with E-state index in [9.17, 15) is 4.79 Å². The van der Waals surface area contributed by atoms with Crippen molar-refractivity contribution in [1.29, 1.82) is 0 Å². The van der Waals surface area contributed by atoms with Gasteiger partial charge in [-0.15, -0.1) is 0 Å². The first-order valence-electron chi connectivity index (χ1n) is 7.52. The van der Waals surface area contributed by atoms with Gasteiger partial charge >= 0.3 is 0 Å². The lowest BCUT2D eigenvalue weighted by molar-refractivity contribution is -0.123. The van der Waals surface area contributed by atoms with E-state index in [0.717, 1.165) is 22.0 Å². The molecule has 110 valence electrons. The number of nitrogens with one attached hydrogen (secondary N) is 1. The molecule has 0 aromatic carbocycles. The molecule has 4 unspecified atom stereocenters. The van der Waals surface area contributed by atoms with Crippen molar-refractivity contribution in [2.45, 2.75) is 52.1 Å². The second-order valence-corrected chi connectivity index (χ2v) is 7.28. The first-order valence-corrected chi connectivity index (χ1v) is 8.31. The van der Waals surface area contributed by atoms with Crippen LogP contribution in [0.25, 0.3) is 0 Å². The van der Waals surface area contributed by atoms with E-state index < -0.39 is 0 Å². The molecule has 1 N–H and O–H groups in total. The van der Waals surface area contributed by atoms with Gasteiger partial charge in [-0.1, -0.05) is 6.42 Å². The highest BCUT2D eigenvalue weighted by Crippen LogP contribution is 2.49. The summed E-state index contributed by atoms with van der Waals surface area (Å²) in [5.41, 5.74) is 0.993. The summed E-state index contributed by atoms with van der Waals surface area (Å²) in [6, 6.07) is 0.289. The number of halogens is 1. The summed E-state index contributed by atoms with van der Waals surface area (Å²) < 4.78 is 2.69. The molecule has 1 aromatic heterocycles. The van der Waals surface area contributed by atoms with Gasteiger partial charge in [0.2, 0.25) is 5.91 Å². The molecule has 0 spiro atoms. The topological polar surface area (TPSA) is 46.9 Å². The summed E-state index contributed by atoms with van der Waals surface area (Å²) >= 11 is 3.42. The van der Waals surface area contributed by atoms with E-state index in [-0.39, 0.29) is 11.9 Å². The molecule has 2 fully saturated rings. The van der Waals surface area contributed by atoms with Crippen molar-refractivity contribution in [3.63, 3.8) is 0 Å². The number of fused-ring (bicyclic) bond motifs is 2. The minimum Gasteiger partial charge on any atom is -0.352 e. The van der Waals surface area contributed by atoms with Gasteiger partial charge in [-0.3, -0.25) is 9.48 Å². The second-order valence-electron chi connectivity index (χ2n) is 6.43. The maximum absolute atomic E-state index is 12.2. The van der Waals surface area contributed by atoms with Crippen molar-refractivity contribution in [3.05, 3.63) is 16.4 Å². The molecule has 0 radical (unpaired) electrons. The summed E-state index contributed by atoms with van der Waals surface area (Å²) in [7, 11) is 0. The normalized spacial score (nSPS) is 29.6. The van der Waals surface area contributed by atoms with Gasteiger partial charge in [-0.2, -0.15) is 5.10 Å². The number of amides is 1. The largest absolute Gasteiger partial charge is 0.352 e. The van der Waals surface area contributed by atoms with E-state index in [0.29, 0.717) is 12.5 Å². The van der Waals surface area contributed by atoms with Crippen molar-refractivity contribution >= 4 is 21.8 Å². The zero-order valence-electron chi connectivity index (χ0n) is 12.1. The molecule has 2 aliphatic rings. The van der Waals surface area contributed by atoms with Gasteiger partial charge in [-0.05, 0) is 66.8 Å². The maximum atomic E-state index is 12.2. The van der Waals surface area contributed by atoms with Crippen molar-refractivity contribution in [2.75, 3.05) is 0 Å². The molecule has 2 bridgehead atoms. The van der Waals surface area contributed by atoms with Crippen molar-refractivity contribution < 1.29 is 4.79 Å². The first-order chi connectivity index (χ1) is 9.54. The minimum absolute atomic E-state index is 0.0685. The Bertz CT molecular complexity index is 513. The molecule has 2 aliphatic carbocycles. The highest BCUT2D eigenvalue weighted by atomic mass is 79.9. The van der Waals surface area contributed by atoms with Gasteiger partial charge in [0, 0.05) is 6.04 Å². The maximum Gasteiger partial charge on any atom is 0.241 e. The third-order valence-electron chi connectivity index (χ3n) is 5.16. The van der Waals surface area contributed by atoms with Crippen molar-refractivity contribution in [1.82, 2.24) is 15.1 Å². The molecule has 1 aromatic rings. The molecule has 1 amide bonds. The number of nitrogens with zero attached hydrogens (tertiary/aromatic N) is 2. The standard InChI is InChI=1S/C15H22BrN3O/c1-9(13-6-11-3-4-12(13)5-11)18-15(20)8-19-10(2)14(16)7-17-19/h7,9,11-13H,3-6,8H2,1-2H3,(H,18,20). The highest BCUT2D eigenvalue weighted by Gasteiger charge is 2.42. The predicted octanol–water partition coefficient (Wildman–Crippen LogP) is 2.89. The van der Waals surface area contributed by atoms with Gasteiger partial charge in [0.15, 0.2) is 0 Å². The summed E-state index contributed by atoms with van der Waals surface area (Å²) in [6.45, 7) is 4.43. The van der Waals surface area contributed by atoms with Crippen LogP contribution in [0, 0.1) is 24.7 Å². The Morgan fingerprint density at radius 1 is 1.55 bits per heavy atom. The summed E-state index contributed by atoms with van der Waals surface area (Å²) in [5.74, 6) is 2.52. The van der Waals surface area contributed by atoms with Crippen LogP contribution < -0.4 is 5.32 Å². The number of aromatic nitrogens is 2. The summed E-state index contributed by atoms with van der Waals surface area (Å²) in [4.78, 5) is 12.2. The fourth-order valence-electron chi connectivity index (χ4n) is 4.03. The number of rotatable bonds is 4. The van der Waals surface area contributed by atoms with Crippen LogP contribution in [0.4, 0.5) is 0 Å². The Morgan fingerprint density at radius 2 is 2.35 bits per heavy atom. The monoisotopic (exact) mass is 339 g/mol. The van der Waals surface area contributed by atoms with Gasteiger partial charge in [0.1, 0.15) is 6.54 Å². The van der Waals surface area contributed by atoms with Crippen molar-refractivity contribution in [2.24, 2.45) is 17.8 Å². The summed E-state index contributed by atoms with van der Waals surface area (Å²) in [5, 5.41) is 7.38. The molecular formula is C15H22BrN3O. The lowest BCUT2D eigenvalue weighted by Crippen LogP contribution is -2.41. The van der Waals surface area contributed by atoms with Crippen LogP contribution in [0.5, 0.6) is 0 Å². The fourth-order valence-corrected chi connectivity index (χ4v) is 4.33. The predicted molar refractivity (Wildman–Crippen MR) is 81.2 cm³/mol. The first kappa shape index (κ1) is 14.1. The molecule has 1 heterocycles. The number of hydrogen-bond acceptors (Lipinski definition) is 2. The zero-order valence-corrected chi connectivity index (χ0v) is 13.7. The van der Waals surface area contributed by atoms with E-state index in [2.05, 4.69) is 33.3 Å². The average molecular weight is 340 g/mol. The molecule has 3 rings (SSSR count). The van der Waals surface area contributed by atoms with Gasteiger partial charge in [0.05, 0.1) is 16.4 Å². The molecule has 4 atom stereocenters. The lowest BCUT2D eigenvalue weighted by Gasteiger charge is -2.28. The van der Waals surface area contributed by atoms with E-state index in [1.165, 1.54) is 25.7 Å². The van der Waals surface area contributed by atoms with E-state index in [1.807, 2.05) is 6.92 Å². The highest BCUT2D eigenvalue weighted by molar-refractivity contribution is 9.10. The molecule has 20 heavy (non-hydrogen) atoms. The van der Waals surface area contributed by atoms with Crippen molar-refractivity contribution in [3.8, 4) is 0 Å². The number of hydrogen-bond donors (Lipinski definition) is 1. The average Bonchev–Trinajstić information content (AvgIpc) is 3.10. The van der Waals surface area contributed by atoms with Gasteiger partial charge in [0.25, 0.3) is 0 Å². The quantitative estimate of drug-likeness (QED) is 0.916. The second kappa shape index (κ2) is 5.51. The van der Waals surface area contributed by atoms with Crippen LogP contribution in [-0.4, -0.2) is 21.7 Å². The minimum atomic E-state index is 0.0685. The van der Waals surface area contributed by atoms with Crippen LogP contribution in [0.3, 0.4) is 0 Å². The van der Waals surface area contributed by atoms with Crippen LogP contribution in [0.1, 0.15) is 38.3 Å². The van der Waals surface area contributed by atoms with Crippen LogP contribution in [0.15, 0.2) is 10.7 Å². The van der Waals surface area contributed by atoms with Crippen LogP contribution >= 0.6 is 15.9 Å². The third-order valence-corrected chi connectivity index (χ3v) is 5.94. The Morgan fingerprint density at radius 3 is 2.90 bits per heavy atom. The van der Waals surface area contributed by atoms with Gasteiger partial charge < -0.3 is 5.32 Å². The molecular weight excluding hydrogens is 318 g/mol. The Hall–Kier alpha value is -0.840. The Kier molecular flexibility index (Phi) is 3.89. The van der Waals surface area contributed by atoms with Gasteiger partial charge in [-0.25, -0.2) is 0 Å². The lowest BCUT2D eigenvalue weighted by atomic mass is 9.84. The van der Waals surface area contributed by atoms with Crippen LogP contribution in [0.2, 0.25) is 0 Å². The van der Waals surface area contributed by atoms with E-state index in [4.69, 9.17) is 0 Å². The third kappa shape index (κ3) is 2.65. The SMILES string of the molecule is Cc1c(Br)cnn1CC(=O)NC(C)C1CC2CCC1C2.